The lowest BCUT2D eigenvalue weighted by atomic mass is 10.3. The molecule has 0 atom stereocenters. The van der Waals surface area contributed by atoms with Crippen LogP contribution in [0.1, 0.15) is 6.92 Å². The summed E-state index contributed by atoms with van der Waals surface area (Å²) in [6.07, 6.45) is 0. The van der Waals surface area contributed by atoms with Crippen molar-refractivity contribution in [2.75, 3.05) is 24.6 Å². The molecule has 10 heteroatoms. The summed E-state index contributed by atoms with van der Waals surface area (Å²) in [5.41, 5.74) is 5.75. The highest BCUT2D eigenvalue weighted by Crippen LogP contribution is 2.23. The van der Waals surface area contributed by atoms with Gasteiger partial charge in [0.2, 0.25) is 20.0 Å². The van der Waals surface area contributed by atoms with Crippen molar-refractivity contribution in [3.8, 4) is 0 Å². The van der Waals surface area contributed by atoms with Crippen LogP contribution in [0, 0.1) is 0 Å². The van der Waals surface area contributed by atoms with Crippen molar-refractivity contribution in [3.05, 3.63) is 23.2 Å². The highest BCUT2D eigenvalue weighted by molar-refractivity contribution is 7.90. The van der Waals surface area contributed by atoms with Crippen LogP contribution in [0.4, 0.5) is 5.69 Å². The van der Waals surface area contributed by atoms with Crippen molar-refractivity contribution in [1.82, 2.24) is 9.44 Å². The van der Waals surface area contributed by atoms with E-state index in [4.69, 9.17) is 17.3 Å². The van der Waals surface area contributed by atoms with Crippen molar-refractivity contribution in [1.29, 1.82) is 0 Å². The molecule has 114 valence electrons. The first-order valence-corrected chi connectivity index (χ1v) is 9.21. The fraction of sp³-hybridized carbons (Fsp3) is 0.400. The van der Waals surface area contributed by atoms with Crippen LogP contribution in [0.3, 0.4) is 0 Å². The van der Waals surface area contributed by atoms with Gasteiger partial charge in [0.25, 0.3) is 0 Å². The van der Waals surface area contributed by atoms with Gasteiger partial charge in [0, 0.05) is 18.8 Å². The monoisotopic (exact) mass is 341 g/mol. The molecule has 1 aromatic rings. The van der Waals surface area contributed by atoms with E-state index in [9.17, 15) is 16.8 Å². The van der Waals surface area contributed by atoms with E-state index < -0.39 is 20.0 Å². The first-order valence-electron chi connectivity index (χ1n) is 5.70. The summed E-state index contributed by atoms with van der Waals surface area (Å²) >= 11 is 5.79. The van der Waals surface area contributed by atoms with E-state index in [1.165, 1.54) is 18.2 Å². The van der Waals surface area contributed by atoms with Gasteiger partial charge in [-0.2, -0.15) is 0 Å². The molecule has 0 aliphatic rings. The Kier molecular flexibility index (Phi) is 5.78. The number of nitrogens with two attached hydrogens (primary N) is 1. The Morgan fingerprint density at radius 1 is 1.20 bits per heavy atom. The summed E-state index contributed by atoms with van der Waals surface area (Å²) < 4.78 is 51.2. The van der Waals surface area contributed by atoms with Gasteiger partial charge >= 0.3 is 0 Å². The molecule has 1 aromatic carbocycles. The Bertz CT molecular complexity index is 674. The van der Waals surface area contributed by atoms with Gasteiger partial charge in [0.15, 0.2) is 0 Å². The molecule has 0 aliphatic heterocycles. The quantitative estimate of drug-likeness (QED) is 0.609. The molecule has 0 spiro atoms. The Labute approximate surface area is 123 Å². The van der Waals surface area contributed by atoms with Gasteiger partial charge in [-0.1, -0.05) is 18.5 Å². The second-order valence-corrected chi connectivity index (χ2v) is 7.97. The third-order valence-corrected chi connectivity index (χ3v) is 5.68. The Balaban J connectivity index is 2.79. The van der Waals surface area contributed by atoms with Crippen LogP contribution in [-0.2, 0) is 20.0 Å². The van der Waals surface area contributed by atoms with E-state index >= 15 is 0 Å². The number of hydrogen-bond acceptors (Lipinski definition) is 5. The summed E-state index contributed by atoms with van der Waals surface area (Å²) in [7, 11) is -7.39. The molecule has 7 nitrogen and oxygen atoms in total. The maximum Gasteiger partial charge on any atom is 0.242 e. The summed E-state index contributed by atoms with van der Waals surface area (Å²) in [5, 5.41) is 0.0150. The van der Waals surface area contributed by atoms with Crippen LogP contribution in [0.5, 0.6) is 0 Å². The van der Waals surface area contributed by atoms with E-state index in [2.05, 4.69) is 9.44 Å². The third-order valence-electron chi connectivity index (χ3n) is 2.27. The van der Waals surface area contributed by atoms with Crippen molar-refractivity contribution < 1.29 is 16.8 Å². The Morgan fingerprint density at radius 2 is 1.85 bits per heavy atom. The Hall–Kier alpha value is -0.870. The van der Waals surface area contributed by atoms with Gasteiger partial charge in [0.1, 0.15) is 4.90 Å². The SMILES string of the molecule is CCNS(=O)(=O)CCNS(=O)(=O)c1cc(N)ccc1Cl. The number of nitrogens with one attached hydrogen (secondary N) is 2. The van der Waals surface area contributed by atoms with Gasteiger partial charge in [-0.25, -0.2) is 26.3 Å². The molecule has 0 aromatic heterocycles. The minimum atomic E-state index is -3.90. The van der Waals surface area contributed by atoms with Crippen LogP contribution in [0.2, 0.25) is 5.02 Å². The second kappa shape index (κ2) is 6.72. The Morgan fingerprint density at radius 3 is 2.45 bits per heavy atom. The standard InChI is InChI=1S/C10H16ClN3O4S2/c1-2-13-19(15,16)6-5-14-20(17,18)10-7-8(12)3-4-9(10)11/h3-4,7,13-14H,2,5-6,12H2,1H3. The lowest BCUT2D eigenvalue weighted by Gasteiger charge is -2.09. The zero-order valence-corrected chi connectivity index (χ0v) is 13.1. The van der Waals surface area contributed by atoms with Crippen molar-refractivity contribution in [3.63, 3.8) is 0 Å². The topological polar surface area (TPSA) is 118 Å². The summed E-state index contributed by atoms with van der Waals surface area (Å²) in [4.78, 5) is -0.181. The van der Waals surface area contributed by atoms with E-state index in [1.807, 2.05) is 0 Å². The molecule has 0 radical (unpaired) electrons. The largest absolute Gasteiger partial charge is 0.399 e. The number of sulfonamides is 2. The maximum absolute atomic E-state index is 12.0. The lowest BCUT2D eigenvalue weighted by molar-refractivity contribution is 0.576. The lowest BCUT2D eigenvalue weighted by Crippen LogP contribution is -2.34. The van der Waals surface area contributed by atoms with E-state index in [1.54, 1.807) is 6.92 Å². The van der Waals surface area contributed by atoms with Crippen LogP contribution < -0.4 is 15.2 Å². The van der Waals surface area contributed by atoms with Gasteiger partial charge in [0.05, 0.1) is 10.8 Å². The van der Waals surface area contributed by atoms with Gasteiger partial charge in [-0.05, 0) is 18.2 Å². The number of rotatable bonds is 7. The van der Waals surface area contributed by atoms with Gasteiger partial charge < -0.3 is 5.73 Å². The third kappa shape index (κ3) is 4.91. The zero-order chi connectivity index (χ0) is 15.4. The maximum atomic E-state index is 12.0. The predicted octanol–water partition coefficient (Wildman–Crippen LogP) is 0.140. The highest BCUT2D eigenvalue weighted by atomic mass is 35.5. The van der Waals surface area contributed by atoms with Crippen molar-refractivity contribution >= 4 is 37.3 Å². The van der Waals surface area contributed by atoms with E-state index in [0.29, 0.717) is 0 Å². The van der Waals surface area contributed by atoms with Crippen molar-refractivity contribution in [2.45, 2.75) is 11.8 Å². The van der Waals surface area contributed by atoms with Crippen molar-refractivity contribution in [2.24, 2.45) is 0 Å². The number of benzene rings is 1. The van der Waals surface area contributed by atoms with E-state index in [-0.39, 0.29) is 34.4 Å². The summed E-state index contributed by atoms with van der Waals surface area (Å²) in [6, 6.07) is 4.04. The molecule has 0 saturated carbocycles. The van der Waals surface area contributed by atoms with Crippen LogP contribution >= 0.6 is 11.6 Å². The predicted molar refractivity (Wildman–Crippen MR) is 78.5 cm³/mol. The molecule has 0 fully saturated rings. The molecule has 0 bridgehead atoms. The molecule has 4 N–H and O–H groups in total. The normalized spacial score (nSPS) is 12.5. The molecule has 0 heterocycles. The number of hydrogen-bond donors (Lipinski definition) is 3. The average Bonchev–Trinajstić information content (AvgIpc) is 2.31. The van der Waals surface area contributed by atoms with Gasteiger partial charge in [-0.15, -0.1) is 0 Å². The number of halogens is 1. The van der Waals surface area contributed by atoms with Crippen LogP contribution in [0.15, 0.2) is 23.1 Å². The summed E-state index contributed by atoms with van der Waals surface area (Å²) in [6.45, 7) is 1.62. The average molecular weight is 342 g/mol. The highest BCUT2D eigenvalue weighted by Gasteiger charge is 2.19. The molecule has 0 saturated heterocycles. The van der Waals surface area contributed by atoms with Gasteiger partial charge in [-0.3, -0.25) is 0 Å². The smallest absolute Gasteiger partial charge is 0.242 e. The first kappa shape index (κ1) is 17.2. The fourth-order valence-electron chi connectivity index (χ4n) is 1.41. The summed E-state index contributed by atoms with van der Waals surface area (Å²) in [5.74, 6) is -0.361. The molecular weight excluding hydrogens is 326 g/mol. The molecular formula is C10H16ClN3O4S2. The van der Waals surface area contributed by atoms with E-state index in [0.717, 1.165) is 0 Å². The van der Waals surface area contributed by atoms with Crippen LogP contribution in [-0.4, -0.2) is 35.7 Å². The minimum absolute atomic E-state index is 0.0150. The molecule has 0 aliphatic carbocycles. The first-order chi connectivity index (χ1) is 9.18. The second-order valence-electron chi connectivity index (χ2n) is 3.90. The molecule has 0 unspecified atom stereocenters. The fourth-order valence-corrected chi connectivity index (χ4v) is 4.05. The van der Waals surface area contributed by atoms with Crippen LogP contribution in [0.25, 0.3) is 0 Å². The number of nitrogen functional groups attached to an aromatic ring is 1. The number of anilines is 1. The zero-order valence-electron chi connectivity index (χ0n) is 10.8. The molecule has 20 heavy (non-hydrogen) atoms. The molecule has 1 rings (SSSR count). The molecule has 0 amide bonds. The minimum Gasteiger partial charge on any atom is -0.399 e.